The van der Waals surface area contributed by atoms with Crippen LogP contribution in [0.25, 0.3) is 17.0 Å². The van der Waals surface area contributed by atoms with Gasteiger partial charge in [0.15, 0.2) is 0 Å². The van der Waals surface area contributed by atoms with E-state index in [-0.39, 0.29) is 17.4 Å². The number of nitrogens with one attached hydrogen (secondary N) is 1. The lowest BCUT2D eigenvalue weighted by Gasteiger charge is -2.11. The molecule has 3 heterocycles. The number of imidazole rings is 1. The molecule has 0 atom stereocenters. The molecule has 0 fully saturated rings. The van der Waals surface area contributed by atoms with Gasteiger partial charge in [0.05, 0.1) is 35.3 Å². The summed E-state index contributed by atoms with van der Waals surface area (Å²) in [5, 5.41) is 13.9. The second kappa shape index (κ2) is 6.91. The second-order valence-electron chi connectivity index (χ2n) is 5.72. The number of anilines is 2. The van der Waals surface area contributed by atoms with Crippen molar-refractivity contribution in [2.45, 2.75) is 0 Å². The van der Waals surface area contributed by atoms with Gasteiger partial charge in [-0.25, -0.2) is 15.0 Å². The molecular formula is C18H13FN6O3. The molecule has 4 rings (SSSR count). The smallest absolute Gasteiger partial charge is 0.307 e. The molecule has 0 aliphatic heterocycles. The van der Waals surface area contributed by atoms with Crippen LogP contribution >= 0.6 is 0 Å². The molecule has 0 aliphatic carbocycles. The number of nitro groups is 1. The fraction of sp³-hybridized carbons (Fsp3) is 0.0556. The minimum atomic E-state index is -0.993. The molecule has 0 unspecified atom stereocenters. The van der Waals surface area contributed by atoms with Gasteiger partial charge in [-0.3, -0.25) is 14.5 Å². The molecule has 140 valence electrons. The van der Waals surface area contributed by atoms with Crippen molar-refractivity contribution < 1.29 is 14.1 Å². The lowest BCUT2D eigenvalue weighted by Crippen LogP contribution is -2.02. The van der Waals surface area contributed by atoms with Crippen molar-refractivity contribution >= 4 is 23.0 Å². The standard InChI is InChI=1S/C18H13FN6O3/c1-28-16-8-11(19)14(25(26)27)9-13(16)23-18-20-6-5-12(22-18)15-10-21-17-4-2-3-7-24(15)17/h2-10H,1H3,(H,20,22,23). The summed E-state index contributed by atoms with van der Waals surface area (Å²) in [6.45, 7) is 0. The Morgan fingerprint density at radius 1 is 1.25 bits per heavy atom. The number of nitrogens with zero attached hydrogens (tertiary/aromatic N) is 5. The number of hydrogen-bond acceptors (Lipinski definition) is 7. The van der Waals surface area contributed by atoms with Crippen LogP contribution < -0.4 is 10.1 Å². The third-order valence-corrected chi connectivity index (χ3v) is 4.05. The van der Waals surface area contributed by atoms with Gasteiger partial charge in [-0.15, -0.1) is 0 Å². The Bertz CT molecular complexity index is 1190. The molecule has 0 aliphatic rings. The van der Waals surface area contributed by atoms with Crippen LogP contribution in [0.4, 0.5) is 21.7 Å². The SMILES string of the molecule is COc1cc(F)c([N+](=O)[O-])cc1Nc1nccc(-c2cnc3ccccn23)n1. The third kappa shape index (κ3) is 3.07. The number of methoxy groups -OCH3 is 1. The largest absolute Gasteiger partial charge is 0.494 e. The van der Waals surface area contributed by atoms with E-state index >= 15 is 0 Å². The van der Waals surface area contributed by atoms with Gasteiger partial charge < -0.3 is 10.1 Å². The number of pyridine rings is 1. The molecule has 3 aromatic heterocycles. The number of halogens is 1. The first kappa shape index (κ1) is 17.3. The van der Waals surface area contributed by atoms with Crippen LogP contribution in [0, 0.1) is 15.9 Å². The molecule has 28 heavy (non-hydrogen) atoms. The molecule has 0 amide bonds. The van der Waals surface area contributed by atoms with Crippen molar-refractivity contribution in [3.63, 3.8) is 0 Å². The summed E-state index contributed by atoms with van der Waals surface area (Å²) in [7, 11) is 1.33. The third-order valence-electron chi connectivity index (χ3n) is 4.05. The number of ether oxygens (including phenoxy) is 1. The normalized spacial score (nSPS) is 10.8. The van der Waals surface area contributed by atoms with Crippen LogP contribution in [0.1, 0.15) is 0 Å². The van der Waals surface area contributed by atoms with Gasteiger partial charge in [-0.1, -0.05) is 6.07 Å². The van der Waals surface area contributed by atoms with Crippen LogP contribution in [0.5, 0.6) is 5.75 Å². The fourth-order valence-corrected chi connectivity index (χ4v) is 2.75. The molecule has 0 saturated carbocycles. The first-order valence-electron chi connectivity index (χ1n) is 8.11. The zero-order chi connectivity index (χ0) is 19.7. The van der Waals surface area contributed by atoms with Crippen LogP contribution in [-0.4, -0.2) is 31.4 Å². The number of rotatable bonds is 5. The first-order chi connectivity index (χ1) is 13.6. The number of benzene rings is 1. The summed E-state index contributed by atoms with van der Waals surface area (Å²) in [6.07, 6.45) is 5.08. The predicted molar refractivity (Wildman–Crippen MR) is 99.1 cm³/mol. The Morgan fingerprint density at radius 2 is 2.11 bits per heavy atom. The number of aromatic nitrogens is 4. The van der Waals surface area contributed by atoms with Crippen LogP contribution in [-0.2, 0) is 0 Å². The van der Waals surface area contributed by atoms with Gasteiger partial charge in [0.2, 0.25) is 11.8 Å². The van der Waals surface area contributed by atoms with E-state index in [1.54, 1.807) is 12.3 Å². The Balaban J connectivity index is 1.73. The number of fused-ring (bicyclic) bond motifs is 1. The Labute approximate surface area is 157 Å². The summed E-state index contributed by atoms with van der Waals surface area (Å²) in [5.41, 5.74) is 1.60. The van der Waals surface area contributed by atoms with Crippen LogP contribution in [0.15, 0.2) is 55.0 Å². The highest BCUT2D eigenvalue weighted by Gasteiger charge is 2.19. The van der Waals surface area contributed by atoms with Gasteiger partial charge in [-0.2, -0.15) is 4.39 Å². The lowest BCUT2D eigenvalue weighted by atomic mass is 10.2. The van der Waals surface area contributed by atoms with Gasteiger partial charge in [0, 0.05) is 24.5 Å². The van der Waals surface area contributed by atoms with E-state index in [4.69, 9.17) is 4.74 Å². The van der Waals surface area contributed by atoms with E-state index < -0.39 is 16.4 Å². The maximum atomic E-state index is 13.8. The average molecular weight is 380 g/mol. The molecule has 1 aromatic carbocycles. The van der Waals surface area contributed by atoms with Gasteiger partial charge >= 0.3 is 5.69 Å². The molecule has 1 N–H and O–H groups in total. The quantitative estimate of drug-likeness (QED) is 0.416. The minimum Gasteiger partial charge on any atom is -0.494 e. The van der Waals surface area contributed by atoms with Crippen molar-refractivity contribution in [1.29, 1.82) is 0 Å². The summed E-state index contributed by atoms with van der Waals surface area (Å²) in [5.74, 6) is -0.734. The highest BCUT2D eigenvalue weighted by atomic mass is 19.1. The summed E-state index contributed by atoms with van der Waals surface area (Å²) in [6, 6.07) is 9.32. The van der Waals surface area contributed by atoms with Crippen molar-refractivity contribution in [1.82, 2.24) is 19.4 Å². The van der Waals surface area contributed by atoms with Gasteiger partial charge in [-0.05, 0) is 18.2 Å². The predicted octanol–water partition coefficient (Wildman–Crippen LogP) is 3.59. The van der Waals surface area contributed by atoms with E-state index in [0.29, 0.717) is 5.69 Å². The highest BCUT2D eigenvalue weighted by molar-refractivity contribution is 5.68. The molecule has 10 heteroatoms. The van der Waals surface area contributed by atoms with Crippen molar-refractivity contribution in [2.75, 3.05) is 12.4 Å². The monoisotopic (exact) mass is 380 g/mol. The lowest BCUT2D eigenvalue weighted by molar-refractivity contribution is -0.387. The Morgan fingerprint density at radius 3 is 2.89 bits per heavy atom. The second-order valence-corrected chi connectivity index (χ2v) is 5.72. The van der Waals surface area contributed by atoms with E-state index in [1.807, 2.05) is 28.8 Å². The highest BCUT2D eigenvalue weighted by Crippen LogP contribution is 2.33. The topological polar surface area (TPSA) is 107 Å². The molecule has 0 bridgehead atoms. The summed E-state index contributed by atoms with van der Waals surface area (Å²) in [4.78, 5) is 23.1. The molecule has 0 spiro atoms. The first-order valence-corrected chi connectivity index (χ1v) is 8.11. The minimum absolute atomic E-state index is 0.0897. The summed E-state index contributed by atoms with van der Waals surface area (Å²) >= 11 is 0. The van der Waals surface area contributed by atoms with Gasteiger partial charge in [0.1, 0.15) is 11.4 Å². The molecular weight excluding hydrogens is 367 g/mol. The Hall–Kier alpha value is -4.08. The molecule has 9 nitrogen and oxygen atoms in total. The molecule has 0 saturated heterocycles. The molecule has 0 radical (unpaired) electrons. The average Bonchev–Trinajstić information content (AvgIpc) is 3.13. The van der Waals surface area contributed by atoms with Crippen molar-refractivity contribution in [3.05, 3.63) is 70.9 Å². The maximum Gasteiger partial charge on any atom is 0.307 e. The van der Waals surface area contributed by atoms with Crippen LogP contribution in [0.3, 0.4) is 0 Å². The van der Waals surface area contributed by atoms with E-state index in [1.165, 1.54) is 13.3 Å². The molecule has 4 aromatic rings. The zero-order valence-corrected chi connectivity index (χ0v) is 14.5. The van der Waals surface area contributed by atoms with E-state index in [0.717, 1.165) is 23.5 Å². The van der Waals surface area contributed by atoms with E-state index in [9.17, 15) is 14.5 Å². The van der Waals surface area contributed by atoms with Crippen molar-refractivity contribution in [3.8, 4) is 17.1 Å². The van der Waals surface area contributed by atoms with Crippen LogP contribution in [0.2, 0.25) is 0 Å². The van der Waals surface area contributed by atoms with Gasteiger partial charge in [0.25, 0.3) is 0 Å². The number of hydrogen-bond donors (Lipinski definition) is 1. The Kier molecular flexibility index (Phi) is 4.28. The summed E-state index contributed by atoms with van der Waals surface area (Å²) < 4.78 is 20.8. The number of nitro benzene ring substituents is 1. The zero-order valence-electron chi connectivity index (χ0n) is 14.5. The van der Waals surface area contributed by atoms with Crippen molar-refractivity contribution in [2.24, 2.45) is 0 Å². The maximum absolute atomic E-state index is 13.8. The fourth-order valence-electron chi connectivity index (χ4n) is 2.75. The van der Waals surface area contributed by atoms with E-state index in [2.05, 4.69) is 20.3 Å².